The summed E-state index contributed by atoms with van der Waals surface area (Å²) in [6, 6.07) is 4.46. The maximum Gasteiger partial charge on any atom is 0.270 e. The highest BCUT2D eigenvalue weighted by Gasteiger charge is 2.18. The zero-order valence-corrected chi connectivity index (χ0v) is 6.27. The van der Waals surface area contributed by atoms with Gasteiger partial charge in [0.15, 0.2) is 0 Å². The Bertz CT molecular complexity index is 273. The quantitative estimate of drug-likeness (QED) is 0.671. The van der Waals surface area contributed by atoms with Gasteiger partial charge in [-0.1, -0.05) is 0 Å². The highest BCUT2D eigenvalue weighted by atomic mass is 19.3. The van der Waals surface area contributed by atoms with Crippen molar-refractivity contribution in [1.29, 1.82) is 0 Å². The van der Waals surface area contributed by atoms with Gasteiger partial charge in [-0.05, 0) is 12.1 Å². The number of alkyl halides is 2. The van der Waals surface area contributed by atoms with E-state index in [9.17, 15) is 13.2 Å². The van der Waals surface area contributed by atoms with Gasteiger partial charge in [0.25, 0.3) is 6.43 Å². The lowest BCUT2D eigenvalue weighted by Gasteiger charge is -2.06. The molecule has 1 aromatic rings. The second-order valence-electron chi connectivity index (χ2n) is 2.07. The van der Waals surface area contributed by atoms with Crippen molar-refractivity contribution in [1.82, 2.24) is 0 Å². The third-order valence-electron chi connectivity index (χ3n) is 1.38. The largest absolute Gasteiger partial charge is 0.496 e. The van der Waals surface area contributed by atoms with Crippen molar-refractivity contribution in [2.24, 2.45) is 0 Å². The van der Waals surface area contributed by atoms with E-state index in [0.717, 1.165) is 0 Å². The average Bonchev–Trinajstić information content (AvgIpc) is 2.03. The zero-order valence-electron chi connectivity index (χ0n) is 6.27. The molecule has 0 atom stereocenters. The summed E-state index contributed by atoms with van der Waals surface area (Å²) in [5.41, 5.74) is -0.736. The van der Waals surface area contributed by atoms with E-state index in [0.29, 0.717) is 0 Å². The first-order valence-corrected chi connectivity index (χ1v) is 3.19. The van der Waals surface area contributed by atoms with Crippen LogP contribution in [0.5, 0.6) is 5.75 Å². The topological polar surface area (TPSA) is 9.23 Å². The number of hydrogen-bond donors (Lipinski definition) is 0. The van der Waals surface area contributed by atoms with Crippen LogP contribution < -0.4 is 4.74 Å². The number of rotatable bonds is 2. The monoisotopic (exact) mass is 175 g/mol. The molecule has 0 aliphatic carbocycles. The number of methoxy groups -OCH3 is 1. The van der Waals surface area contributed by atoms with E-state index in [-0.39, 0.29) is 5.75 Å². The fraction of sp³-hybridized carbons (Fsp3) is 0.250. The van der Waals surface area contributed by atoms with Crippen molar-refractivity contribution in [3.05, 3.63) is 29.6 Å². The predicted molar refractivity (Wildman–Crippen MR) is 36.7 cm³/mol. The molecule has 12 heavy (non-hydrogen) atoms. The Kier molecular flexibility index (Phi) is 2.58. The van der Waals surface area contributed by atoms with Crippen LogP contribution >= 0.6 is 0 Å². The molecule has 1 nitrogen and oxygen atoms in total. The summed E-state index contributed by atoms with van der Waals surface area (Å²) in [6.07, 6.45) is -2.88. The van der Waals surface area contributed by atoms with Gasteiger partial charge in [-0.25, -0.2) is 13.2 Å². The van der Waals surface area contributed by atoms with Crippen LogP contribution in [-0.4, -0.2) is 7.11 Å². The van der Waals surface area contributed by atoms with E-state index < -0.39 is 17.8 Å². The van der Waals surface area contributed by atoms with Crippen LogP contribution in [-0.2, 0) is 0 Å². The van der Waals surface area contributed by atoms with Gasteiger partial charge in [0.1, 0.15) is 11.6 Å². The second-order valence-corrected chi connectivity index (χ2v) is 2.07. The van der Waals surface area contributed by atoms with E-state index in [1.165, 1.54) is 19.2 Å². The van der Waals surface area contributed by atoms with Crippen molar-refractivity contribution in [2.75, 3.05) is 7.11 Å². The van der Waals surface area contributed by atoms with Gasteiger partial charge in [0.05, 0.1) is 12.7 Å². The van der Waals surface area contributed by atoms with Crippen molar-refractivity contribution >= 4 is 0 Å². The fourth-order valence-corrected chi connectivity index (χ4v) is 0.848. The third kappa shape index (κ3) is 1.52. The molecule has 0 unspecified atom stereocenters. The highest BCUT2D eigenvalue weighted by Crippen LogP contribution is 2.30. The summed E-state index contributed by atoms with van der Waals surface area (Å²) in [4.78, 5) is 0. The Morgan fingerprint density at radius 3 is 2.58 bits per heavy atom. The van der Waals surface area contributed by atoms with Gasteiger partial charge in [0.2, 0.25) is 0 Å². The predicted octanol–water partition coefficient (Wildman–Crippen LogP) is 2.57. The maximum atomic E-state index is 12.7. The van der Waals surface area contributed by atoms with E-state index in [1.54, 1.807) is 0 Å². The number of halogens is 3. The number of benzene rings is 1. The minimum absolute atomic E-state index is 0.152. The molecule has 0 amide bonds. The van der Waals surface area contributed by atoms with E-state index in [1.807, 2.05) is 6.07 Å². The van der Waals surface area contributed by atoms with Crippen LogP contribution in [0.15, 0.2) is 12.1 Å². The average molecular weight is 175 g/mol. The molecular weight excluding hydrogens is 169 g/mol. The van der Waals surface area contributed by atoms with Crippen LogP contribution in [0, 0.1) is 11.9 Å². The summed E-state index contributed by atoms with van der Waals surface area (Å²) >= 11 is 0. The first kappa shape index (κ1) is 8.90. The highest BCUT2D eigenvalue weighted by molar-refractivity contribution is 5.34. The lowest BCUT2D eigenvalue weighted by atomic mass is 10.2. The molecule has 0 saturated heterocycles. The maximum absolute atomic E-state index is 12.7. The minimum Gasteiger partial charge on any atom is -0.496 e. The molecule has 0 aliphatic heterocycles. The zero-order chi connectivity index (χ0) is 9.14. The van der Waals surface area contributed by atoms with Crippen LogP contribution in [0.1, 0.15) is 12.0 Å². The summed E-state index contributed by atoms with van der Waals surface area (Å²) in [6.45, 7) is 0. The van der Waals surface area contributed by atoms with Crippen LogP contribution in [0.3, 0.4) is 0 Å². The molecular formula is C8H6F3O. The molecule has 0 bridgehead atoms. The van der Waals surface area contributed by atoms with Gasteiger partial charge in [0, 0.05) is 6.07 Å². The first-order chi connectivity index (χ1) is 5.66. The summed E-state index contributed by atoms with van der Waals surface area (Å²) < 4.78 is 41.5. The Balaban J connectivity index is 3.20. The standard InChI is InChI=1S/C8H6F3O/c1-12-6-4-2-3-5(9)7(6)8(10)11/h2,4,8H,1H3. The summed E-state index contributed by atoms with van der Waals surface area (Å²) in [5, 5.41) is 0. The Morgan fingerprint density at radius 1 is 1.50 bits per heavy atom. The SMILES string of the molecule is COc1cc[c]c(F)c1C(F)F. The summed E-state index contributed by atoms with van der Waals surface area (Å²) in [7, 11) is 1.21. The number of hydrogen-bond acceptors (Lipinski definition) is 1. The van der Waals surface area contributed by atoms with Crippen molar-refractivity contribution in [2.45, 2.75) is 6.43 Å². The minimum atomic E-state index is -2.88. The van der Waals surface area contributed by atoms with E-state index in [2.05, 4.69) is 4.74 Å². The lowest BCUT2D eigenvalue weighted by Crippen LogP contribution is -1.96. The molecule has 65 valence electrons. The Morgan fingerprint density at radius 2 is 2.17 bits per heavy atom. The van der Waals surface area contributed by atoms with Gasteiger partial charge in [-0.15, -0.1) is 0 Å². The van der Waals surface area contributed by atoms with Gasteiger partial charge in [-0.2, -0.15) is 0 Å². The lowest BCUT2D eigenvalue weighted by molar-refractivity contribution is 0.141. The van der Waals surface area contributed by atoms with Crippen LogP contribution in [0.2, 0.25) is 0 Å². The molecule has 0 heterocycles. The second kappa shape index (κ2) is 3.47. The molecule has 1 aromatic carbocycles. The van der Waals surface area contributed by atoms with Crippen LogP contribution in [0.25, 0.3) is 0 Å². The van der Waals surface area contributed by atoms with E-state index in [4.69, 9.17) is 0 Å². The molecule has 0 spiro atoms. The molecule has 0 fully saturated rings. The molecule has 0 aromatic heterocycles. The van der Waals surface area contributed by atoms with Gasteiger partial charge in [-0.3, -0.25) is 0 Å². The summed E-state index contributed by atoms with van der Waals surface area (Å²) in [5.74, 6) is -1.22. The molecule has 0 saturated carbocycles. The molecule has 0 aliphatic rings. The molecule has 1 rings (SSSR count). The third-order valence-corrected chi connectivity index (χ3v) is 1.38. The van der Waals surface area contributed by atoms with Gasteiger partial charge < -0.3 is 4.74 Å². The molecule has 0 N–H and O–H groups in total. The molecule has 1 radical (unpaired) electrons. The fourth-order valence-electron chi connectivity index (χ4n) is 0.848. The van der Waals surface area contributed by atoms with Crippen molar-refractivity contribution in [3.8, 4) is 5.75 Å². The van der Waals surface area contributed by atoms with Crippen molar-refractivity contribution < 1.29 is 17.9 Å². The number of ether oxygens (including phenoxy) is 1. The first-order valence-electron chi connectivity index (χ1n) is 3.19. The van der Waals surface area contributed by atoms with Crippen molar-refractivity contribution in [3.63, 3.8) is 0 Å². The smallest absolute Gasteiger partial charge is 0.270 e. The van der Waals surface area contributed by atoms with Gasteiger partial charge >= 0.3 is 0 Å². The Hall–Kier alpha value is -1.19. The molecule has 4 heteroatoms. The van der Waals surface area contributed by atoms with E-state index >= 15 is 0 Å². The van der Waals surface area contributed by atoms with Crippen LogP contribution in [0.4, 0.5) is 13.2 Å². The normalized spacial score (nSPS) is 10.4. The Labute approximate surface area is 67.8 Å².